The SMILES string of the molecule is Cc1ccc(C)c(NC(=O)c2ccc(OC(=O)COc3ccc(Cl)cc3C)cc2)c1. The molecule has 0 aliphatic carbocycles. The summed E-state index contributed by atoms with van der Waals surface area (Å²) < 4.78 is 10.7. The van der Waals surface area contributed by atoms with Crippen molar-refractivity contribution in [1.29, 1.82) is 0 Å². The van der Waals surface area contributed by atoms with Gasteiger partial charge < -0.3 is 14.8 Å². The molecule has 5 nitrogen and oxygen atoms in total. The molecule has 0 spiro atoms. The molecule has 6 heteroatoms. The molecule has 0 saturated heterocycles. The first-order valence-corrected chi connectivity index (χ1v) is 9.78. The van der Waals surface area contributed by atoms with Crippen molar-refractivity contribution >= 4 is 29.2 Å². The molecule has 0 bridgehead atoms. The zero-order chi connectivity index (χ0) is 21.7. The van der Waals surface area contributed by atoms with Gasteiger partial charge in [-0.1, -0.05) is 23.7 Å². The molecule has 0 heterocycles. The zero-order valence-electron chi connectivity index (χ0n) is 17.0. The van der Waals surface area contributed by atoms with E-state index in [4.69, 9.17) is 21.1 Å². The van der Waals surface area contributed by atoms with E-state index in [1.165, 1.54) is 0 Å². The summed E-state index contributed by atoms with van der Waals surface area (Å²) in [6.07, 6.45) is 0. The van der Waals surface area contributed by atoms with Crippen molar-refractivity contribution in [2.24, 2.45) is 0 Å². The predicted molar refractivity (Wildman–Crippen MR) is 118 cm³/mol. The molecule has 0 aliphatic rings. The lowest BCUT2D eigenvalue weighted by Crippen LogP contribution is -2.18. The second-order valence-corrected chi connectivity index (χ2v) is 7.41. The Balaban J connectivity index is 1.56. The maximum atomic E-state index is 12.5. The molecule has 30 heavy (non-hydrogen) atoms. The molecule has 0 aromatic heterocycles. The van der Waals surface area contributed by atoms with Crippen LogP contribution in [0, 0.1) is 20.8 Å². The Kier molecular flexibility index (Phi) is 6.75. The van der Waals surface area contributed by atoms with Crippen LogP contribution in [-0.2, 0) is 4.79 Å². The summed E-state index contributed by atoms with van der Waals surface area (Å²) in [6, 6.07) is 17.4. The molecule has 0 unspecified atom stereocenters. The monoisotopic (exact) mass is 423 g/mol. The number of anilines is 1. The van der Waals surface area contributed by atoms with Gasteiger partial charge in [-0.05, 0) is 86.0 Å². The topological polar surface area (TPSA) is 64.6 Å². The average molecular weight is 424 g/mol. The first kappa shape index (κ1) is 21.4. The van der Waals surface area contributed by atoms with Crippen LogP contribution in [0.5, 0.6) is 11.5 Å². The highest BCUT2D eigenvalue weighted by molar-refractivity contribution is 6.30. The quantitative estimate of drug-likeness (QED) is 0.420. The van der Waals surface area contributed by atoms with E-state index in [1.807, 2.05) is 39.0 Å². The number of rotatable bonds is 6. The number of amides is 1. The van der Waals surface area contributed by atoms with Crippen LogP contribution in [0.3, 0.4) is 0 Å². The van der Waals surface area contributed by atoms with Crippen molar-refractivity contribution in [3.63, 3.8) is 0 Å². The summed E-state index contributed by atoms with van der Waals surface area (Å²) in [4.78, 5) is 24.5. The Morgan fingerprint density at radius 3 is 2.33 bits per heavy atom. The maximum Gasteiger partial charge on any atom is 0.349 e. The standard InChI is InChI=1S/C24H22ClNO4/c1-15-4-5-16(2)21(12-15)26-24(28)18-6-9-20(10-7-18)30-23(27)14-29-22-11-8-19(25)13-17(22)3/h4-13H,14H2,1-3H3,(H,26,28). The van der Waals surface area contributed by atoms with Gasteiger partial charge in [0.25, 0.3) is 5.91 Å². The van der Waals surface area contributed by atoms with Gasteiger partial charge in [0.2, 0.25) is 0 Å². The molecule has 0 fully saturated rings. The summed E-state index contributed by atoms with van der Waals surface area (Å²) in [5.74, 6) is 0.120. The smallest absolute Gasteiger partial charge is 0.349 e. The van der Waals surface area contributed by atoms with Crippen LogP contribution in [-0.4, -0.2) is 18.5 Å². The molecular weight excluding hydrogens is 402 g/mol. The minimum atomic E-state index is -0.545. The highest BCUT2D eigenvalue weighted by atomic mass is 35.5. The van der Waals surface area contributed by atoms with Crippen LogP contribution >= 0.6 is 11.6 Å². The van der Waals surface area contributed by atoms with E-state index < -0.39 is 5.97 Å². The Hall–Kier alpha value is -3.31. The minimum Gasteiger partial charge on any atom is -0.482 e. The van der Waals surface area contributed by atoms with Crippen molar-refractivity contribution in [3.05, 3.63) is 87.9 Å². The van der Waals surface area contributed by atoms with Crippen LogP contribution in [0.2, 0.25) is 5.02 Å². The van der Waals surface area contributed by atoms with Crippen molar-refractivity contribution in [1.82, 2.24) is 0 Å². The Bertz CT molecular complexity index is 1080. The minimum absolute atomic E-state index is 0.233. The second kappa shape index (κ2) is 9.46. The number of carbonyl (C=O) groups excluding carboxylic acids is 2. The second-order valence-electron chi connectivity index (χ2n) is 6.97. The fourth-order valence-corrected chi connectivity index (χ4v) is 3.04. The molecule has 0 radical (unpaired) electrons. The number of hydrogen-bond donors (Lipinski definition) is 1. The maximum absolute atomic E-state index is 12.5. The van der Waals surface area contributed by atoms with Crippen molar-refractivity contribution in [3.8, 4) is 11.5 Å². The van der Waals surface area contributed by atoms with E-state index >= 15 is 0 Å². The lowest BCUT2D eigenvalue weighted by Gasteiger charge is -2.11. The number of benzene rings is 3. The molecule has 3 rings (SSSR count). The van der Waals surface area contributed by atoms with E-state index in [9.17, 15) is 9.59 Å². The lowest BCUT2D eigenvalue weighted by molar-refractivity contribution is -0.136. The summed E-state index contributed by atoms with van der Waals surface area (Å²) in [5, 5.41) is 3.50. The molecular formula is C24H22ClNO4. The van der Waals surface area contributed by atoms with Gasteiger partial charge >= 0.3 is 5.97 Å². The van der Waals surface area contributed by atoms with Gasteiger partial charge in [-0.2, -0.15) is 0 Å². The molecule has 0 saturated carbocycles. The average Bonchev–Trinajstić information content (AvgIpc) is 2.70. The van der Waals surface area contributed by atoms with E-state index in [0.29, 0.717) is 22.1 Å². The van der Waals surface area contributed by atoms with E-state index in [2.05, 4.69) is 5.32 Å². The van der Waals surface area contributed by atoms with E-state index in [-0.39, 0.29) is 12.5 Å². The van der Waals surface area contributed by atoms with Gasteiger partial charge in [0.1, 0.15) is 11.5 Å². The molecule has 0 atom stereocenters. The van der Waals surface area contributed by atoms with Gasteiger partial charge in [0.15, 0.2) is 6.61 Å². The number of hydrogen-bond acceptors (Lipinski definition) is 4. The normalized spacial score (nSPS) is 10.4. The van der Waals surface area contributed by atoms with Crippen LogP contribution in [0.4, 0.5) is 5.69 Å². The Morgan fingerprint density at radius 1 is 0.900 bits per heavy atom. The third kappa shape index (κ3) is 5.61. The molecule has 154 valence electrons. The predicted octanol–water partition coefficient (Wildman–Crippen LogP) is 5.50. The molecule has 3 aromatic rings. The summed E-state index contributed by atoms with van der Waals surface area (Å²) in [6.45, 7) is 5.51. The van der Waals surface area contributed by atoms with Gasteiger partial charge in [0.05, 0.1) is 0 Å². The van der Waals surface area contributed by atoms with E-state index in [0.717, 1.165) is 22.4 Å². The fourth-order valence-electron chi connectivity index (χ4n) is 2.81. The van der Waals surface area contributed by atoms with Crippen LogP contribution in [0.15, 0.2) is 60.7 Å². The molecule has 1 amide bonds. The summed E-state index contributed by atoms with van der Waals surface area (Å²) >= 11 is 5.91. The van der Waals surface area contributed by atoms with E-state index in [1.54, 1.807) is 42.5 Å². The number of carbonyl (C=O) groups is 2. The number of halogens is 1. The van der Waals surface area contributed by atoms with Gasteiger partial charge in [-0.25, -0.2) is 4.79 Å². The highest BCUT2D eigenvalue weighted by Crippen LogP contribution is 2.22. The Labute approximate surface area is 180 Å². The van der Waals surface area contributed by atoms with Gasteiger partial charge in [-0.3, -0.25) is 4.79 Å². The number of esters is 1. The number of aryl methyl sites for hydroxylation is 3. The van der Waals surface area contributed by atoms with Crippen LogP contribution < -0.4 is 14.8 Å². The molecule has 0 aliphatic heterocycles. The van der Waals surface area contributed by atoms with Gasteiger partial charge in [-0.15, -0.1) is 0 Å². The Morgan fingerprint density at radius 2 is 1.63 bits per heavy atom. The van der Waals surface area contributed by atoms with Crippen molar-refractivity contribution in [2.45, 2.75) is 20.8 Å². The first-order valence-electron chi connectivity index (χ1n) is 9.40. The fraction of sp³-hybridized carbons (Fsp3) is 0.167. The molecule has 1 N–H and O–H groups in total. The number of nitrogens with one attached hydrogen (secondary N) is 1. The van der Waals surface area contributed by atoms with Crippen LogP contribution in [0.1, 0.15) is 27.0 Å². The molecule has 3 aromatic carbocycles. The van der Waals surface area contributed by atoms with Crippen LogP contribution in [0.25, 0.3) is 0 Å². The first-order chi connectivity index (χ1) is 14.3. The van der Waals surface area contributed by atoms with Crippen molar-refractivity contribution in [2.75, 3.05) is 11.9 Å². The lowest BCUT2D eigenvalue weighted by atomic mass is 10.1. The zero-order valence-corrected chi connectivity index (χ0v) is 17.7. The van der Waals surface area contributed by atoms with Gasteiger partial charge in [0, 0.05) is 16.3 Å². The third-order valence-corrected chi connectivity index (χ3v) is 4.71. The summed E-state index contributed by atoms with van der Waals surface area (Å²) in [5.41, 5.74) is 4.10. The third-order valence-electron chi connectivity index (χ3n) is 4.47. The van der Waals surface area contributed by atoms with Crippen molar-refractivity contribution < 1.29 is 19.1 Å². The summed E-state index contributed by atoms with van der Waals surface area (Å²) in [7, 11) is 0. The highest BCUT2D eigenvalue weighted by Gasteiger charge is 2.11. The largest absolute Gasteiger partial charge is 0.482 e. The number of ether oxygens (including phenoxy) is 2.